The number of halogens is 1. The van der Waals surface area contributed by atoms with Crippen LogP contribution in [0.25, 0.3) is 0 Å². The molecule has 1 aromatic heterocycles. The molecule has 0 bridgehead atoms. The molecule has 2 heterocycles. The molecule has 0 saturated carbocycles. The fourth-order valence-corrected chi connectivity index (χ4v) is 2.75. The number of likely N-dealkylation sites (tertiary alicyclic amines) is 1. The van der Waals surface area contributed by atoms with Gasteiger partial charge in [-0.05, 0) is 28.3 Å². The minimum Gasteiger partial charge on any atom is -0.391 e. The molecular weight excluding hydrogens is 286 g/mol. The molecule has 1 aliphatic rings. The minimum atomic E-state index is -0.402. The van der Waals surface area contributed by atoms with Crippen LogP contribution in [-0.4, -0.2) is 45.3 Å². The first-order chi connectivity index (χ1) is 8.00. The normalized spacial score (nSPS) is 20.3. The minimum absolute atomic E-state index is 0.128. The first kappa shape index (κ1) is 12.6. The van der Waals surface area contributed by atoms with Gasteiger partial charge in [0.15, 0.2) is 5.69 Å². The van der Waals surface area contributed by atoms with E-state index in [2.05, 4.69) is 26.1 Å². The van der Waals surface area contributed by atoms with Gasteiger partial charge >= 0.3 is 0 Å². The first-order valence-electron chi connectivity index (χ1n) is 5.71. The van der Waals surface area contributed by atoms with Crippen LogP contribution in [0.5, 0.6) is 0 Å². The second kappa shape index (κ2) is 4.78. The molecule has 1 amide bonds. The number of aliphatic hydroxyl groups excluding tert-OH is 1. The number of aromatic amines is 1. The summed E-state index contributed by atoms with van der Waals surface area (Å²) in [5.74, 6) is 0.152. The van der Waals surface area contributed by atoms with Crippen molar-refractivity contribution in [3.63, 3.8) is 0 Å². The number of rotatable bonds is 2. The van der Waals surface area contributed by atoms with Crippen LogP contribution in [0.4, 0.5) is 0 Å². The van der Waals surface area contributed by atoms with E-state index in [0.717, 1.165) is 10.2 Å². The van der Waals surface area contributed by atoms with Gasteiger partial charge in [-0.15, -0.1) is 0 Å². The summed E-state index contributed by atoms with van der Waals surface area (Å²) in [5, 5.41) is 16.4. The van der Waals surface area contributed by atoms with Gasteiger partial charge in [0.2, 0.25) is 0 Å². The molecule has 2 rings (SSSR count). The standard InChI is InChI=1S/C11H16BrN3O2/c1-6(2)9-8(12)10(14-13-9)11(17)15-4-3-7(16)5-15/h6-7,16H,3-5H2,1-2H3,(H,13,14)/t7-/m1/s1. The lowest BCUT2D eigenvalue weighted by atomic mass is 10.1. The third-order valence-electron chi connectivity index (χ3n) is 2.96. The lowest BCUT2D eigenvalue weighted by Crippen LogP contribution is -2.30. The van der Waals surface area contributed by atoms with Crippen LogP contribution in [0.2, 0.25) is 0 Å². The zero-order valence-corrected chi connectivity index (χ0v) is 11.5. The third kappa shape index (κ3) is 2.37. The maximum atomic E-state index is 12.2. The average Bonchev–Trinajstić information content (AvgIpc) is 2.83. The number of aromatic nitrogens is 2. The Morgan fingerprint density at radius 1 is 1.65 bits per heavy atom. The number of hydrogen-bond acceptors (Lipinski definition) is 3. The summed E-state index contributed by atoms with van der Waals surface area (Å²) in [6.07, 6.45) is 0.242. The van der Waals surface area contributed by atoms with Gasteiger partial charge in [0, 0.05) is 13.1 Å². The molecule has 5 nitrogen and oxygen atoms in total. The number of nitrogens with zero attached hydrogens (tertiary/aromatic N) is 2. The van der Waals surface area contributed by atoms with Gasteiger partial charge in [0.05, 0.1) is 16.3 Å². The van der Waals surface area contributed by atoms with Crippen LogP contribution in [0.15, 0.2) is 4.47 Å². The summed E-state index contributed by atoms with van der Waals surface area (Å²) in [4.78, 5) is 13.8. The van der Waals surface area contributed by atoms with E-state index in [1.165, 1.54) is 0 Å². The van der Waals surface area contributed by atoms with Gasteiger partial charge in [0.25, 0.3) is 5.91 Å². The molecule has 2 N–H and O–H groups in total. The Hall–Kier alpha value is -0.880. The third-order valence-corrected chi connectivity index (χ3v) is 3.77. The van der Waals surface area contributed by atoms with E-state index in [9.17, 15) is 9.90 Å². The maximum Gasteiger partial charge on any atom is 0.275 e. The van der Waals surface area contributed by atoms with E-state index < -0.39 is 6.10 Å². The van der Waals surface area contributed by atoms with Crippen molar-refractivity contribution in [3.8, 4) is 0 Å². The van der Waals surface area contributed by atoms with Crippen molar-refractivity contribution < 1.29 is 9.90 Å². The highest BCUT2D eigenvalue weighted by atomic mass is 79.9. The number of nitrogens with one attached hydrogen (secondary N) is 1. The van der Waals surface area contributed by atoms with E-state index >= 15 is 0 Å². The summed E-state index contributed by atoms with van der Waals surface area (Å²) >= 11 is 3.41. The maximum absolute atomic E-state index is 12.2. The van der Waals surface area contributed by atoms with Gasteiger partial charge in [0.1, 0.15) is 0 Å². The number of H-pyrrole nitrogens is 1. The lowest BCUT2D eigenvalue weighted by molar-refractivity contribution is 0.0758. The van der Waals surface area contributed by atoms with Crippen molar-refractivity contribution in [2.24, 2.45) is 0 Å². The van der Waals surface area contributed by atoms with Crippen LogP contribution in [-0.2, 0) is 0 Å². The molecule has 1 aromatic rings. The van der Waals surface area contributed by atoms with Crippen molar-refractivity contribution in [3.05, 3.63) is 15.9 Å². The Morgan fingerprint density at radius 2 is 2.35 bits per heavy atom. The molecule has 0 aromatic carbocycles. The van der Waals surface area contributed by atoms with Crippen molar-refractivity contribution in [1.82, 2.24) is 15.1 Å². The van der Waals surface area contributed by atoms with Gasteiger partial charge in [-0.3, -0.25) is 9.89 Å². The highest BCUT2D eigenvalue weighted by Crippen LogP contribution is 2.27. The molecule has 1 atom stereocenters. The van der Waals surface area contributed by atoms with Crippen molar-refractivity contribution in [2.45, 2.75) is 32.3 Å². The summed E-state index contributed by atoms with van der Waals surface area (Å²) in [6, 6.07) is 0. The molecule has 0 unspecified atom stereocenters. The van der Waals surface area contributed by atoms with E-state index in [4.69, 9.17) is 0 Å². The fraction of sp³-hybridized carbons (Fsp3) is 0.636. The zero-order valence-electron chi connectivity index (χ0n) is 9.90. The van der Waals surface area contributed by atoms with Gasteiger partial charge in [-0.25, -0.2) is 0 Å². The number of carbonyl (C=O) groups excluding carboxylic acids is 1. The number of hydrogen-bond donors (Lipinski definition) is 2. The van der Waals surface area contributed by atoms with Crippen LogP contribution in [0, 0.1) is 0 Å². The fourth-order valence-electron chi connectivity index (χ4n) is 1.94. The Kier molecular flexibility index (Phi) is 3.53. The van der Waals surface area contributed by atoms with Crippen LogP contribution < -0.4 is 0 Å². The summed E-state index contributed by atoms with van der Waals surface area (Å²) < 4.78 is 0.735. The molecule has 0 spiro atoms. The molecule has 94 valence electrons. The van der Waals surface area contributed by atoms with E-state index in [1.54, 1.807) is 4.90 Å². The molecule has 0 aliphatic carbocycles. The van der Waals surface area contributed by atoms with Gasteiger partial charge in [-0.2, -0.15) is 5.10 Å². The molecule has 6 heteroatoms. The van der Waals surface area contributed by atoms with Crippen molar-refractivity contribution >= 4 is 21.8 Å². The second-order valence-electron chi connectivity index (χ2n) is 4.65. The predicted molar refractivity (Wildman–Crippen MR) is 66.9 cm³/mol. The predicted octanol–water partition coefficient (Wildman–Crippen LogP) is 1.50. The highest BCUT2D eigenvalue weighted by molar-refractivity contribution is 9.10. The summed E-state index contributed by atoms with van der Waals surface area (Å²) in [7, 11) is 0. The summed E-state index contributed by atoms with van der Waals surface area (Å²) in [5.41, 5.74) is 1.33. The quantitative estimate of drug-likeness (QED) is 0.870. The molecular formula is C11H16BrN3O2. The molecule has 1 fully saturated rings. The van der Waals surface area contributed by atoms with Crippen LogP contribution in [0.3, 0.4) is 0 Å². The molecule has 0 radical (unpaired) electrons. The number of amides is 1. The lowest BCUT2D eigenvalue weighted by Gasteiger charge is -2.13. The highest BCUT2D eigenvalue weighted by Gasteiger charge is 2.29. The SMILES string of the molecule is CC(C)c1[nH]nc(C(=O)N2CC[C@@H](O)C2)c1Br. The molecule has 1 aliphatic heterocycles. The van der Waals surface area contributed by atoms with Gasteiger partial charge in [-0.1, -0.05) is 13.8 Å². The second-order valence-corrected chi connectivity index (χ2v) is 5.44. The monoisotopic (exact) mass is 301 g/mol. The van der Waals surface area contributed by atoms with Crippen molar-refractivity contribution in [1.29, 1.82) is 0 Å². The topological polar surface area (TPSA) is 69.2 Å². The Labute approximate surface area is 108 Å². The van der Waals surface area contributed by atoms with Gasteiger partial charge < -0.3 is 10.0 Å². The van der Waals surface area contributed by atoms with Crippen LogP contribution in [0.1, 0.15) is 42.4 Å². The summed E-state index contributed by atoms with van der Waals surface area (Å²) in [6.45, 7) is 5.06. The van der Waals surface area contributed by atoms with E-state index in [-0.39, 0.29) is 11.8 Å². The Bertz CT molecular complexity index is 430. The Morgan fingerprint density at radius 3 is 2.82 bits per heavy atom. The zero-order chi connectivity index (χ0) is 12.6. The van der Waals surface area contributed by atoms with Crippen molar-refractivity contribution in [2.75, 3.05) is 13.1 Å². The van der Waals surface area contributed by atoms with E-state index in [0.29, 0.717) is 25.2 Å². The average molecular weight is 302 g/mol. The van der Waals surface area contributed by atoms with E-state index in [1.807, 2.05) is 13.8 Å². The first-order valence-corrected chi connectivity index (χ1v) is 6.51. The van der Waals surface area contributed by atoms with Crippen LogP contribution >= 0.6 is 15.9 Å². The number of β-amino-alcohol motifs (C(OH)–C–C–N with tert-alkyl or cyclic N) is 1. The molecule has 17 heavy (non-hydrogen) atoms. The Balaban J connectivity index is 2.20. The number of aliphatic hydroxyl groups is 1. The number of carbonyl (C=O) groups is 1. The molecule has 1 saturated heterocycles. The smallest absolute Gasteiger partial charge is 0.275 e. The largest absolute Gasteiger partial charge is 0.391 e.